The topological polar surface area (TPSA) is 84.1 Å². The van der Waals surface area contributed by atoms with Gasteiger partial charge in [0, 0.05) is 43.5 Å². The molecule has 2 aromatic heterocycles. The van der Waals surface area contributed by atoms with Gasteiger partial charge in [-0.15, -0.1) is 0 Å². The van der Waals surface area contributed by atoms with Crippen LogP contribution in [-0.4, -0.2) is 34.9 Å². The van der Waals surface area contributed by atoms with Crippen molar-refractivity contribution >= 4 is 29.4 Å². The molecule has 3 N–H and O–H groups in total. The van der Waals surface area contributed by atoms with E-state index >= 15 is 0 Å². The van der Waals surface area contributed by atoms with E-state index in [9.17, 15) is 13.6 Å². The highest BCUT2D eigenvalue weighted by molar-refractivity contribution is 7.97. The van der Waals surface area contributed by atoms with Crippen molar-refractivity contribution in [2.24, 2.45) is 11.1 Å². The zero-order chi connectivity index (χ0) is 21.1. The molecule has 0 atom stereocenters. The monoisotopic (exact) mass is 433 g/mol. The molecule has 1 aliphatic heterocycles. The molecule has 1 amide bonds. The number of pyridine rings is 2. The molecule has 1 saturated carbocycles. The van der Waals surface area contributed by atoms with Crippen LogP contribution < -0.4 is 15.4 Å². The van der Waals surface area contributed by atoms with E-state index in [0.717, 1.165) is 24.1 Å². The number of aromatic nitrogens is 2. The first kappa shape index (κ1) is 21.0. The lowest BCUT2D eigenvalue weighted by Crippen LogP contribution is -2.29. The zero-order valence-corrected chi connectivity index (χ0v) is 17.4. The average molecular weight is 434 g/mol. The molecule has 160 valence electrons. The molecule has 0 bridgehead atoms. The number of amides is 1. The van der Waals surface area contributed by atoms with Crippen molar-refractivity contribution in [3.8, 4) is 0 Å². The summed E-state index contributed by atoms with van der Waals surface area (Å²) in [5, 5.41) is 8.98. The lowest BCUT2D eigenvalue weighted by Gasteiger charge is -2.24. The molecular weight excluding hydrogens is 408 g/mol. The maximum atomic E-state index is 13.9. The Hall–Kier alpha value is -2.26. The molecule has 4 rings (SSSR count). The Kier molecular flexibility index (Phi) is 6.19. The first-order valence-corrected chi connectivity index (χ1v) is 11.1. The molecule has 0 spiro atoms. The first-order chi connectivity index (χ1) is 14.4. The van der Waals surface area contributed by atoms with E-state index in [2.05, 4.69) is 10.3 Å². The molecule has 0 radical (unpaired) electrons. The van der Waals surface area contributed by atoms with E-state index in [0.29, 0.717) is 41.0 Å². The third-order valence-electron chi connectivity index (χ3n) is 5.50. The normalized spacial score (nSPS) is 18.7. The minimum Gasteiger partial charge on any atom is -0.356 e. The van der Waals surface area contributed by atoms with Gasteiger partial charge in [0.2, 0.25) is 5.92 Å². The molecule has 1 aliphatic carbocycles. The second-order valence-electron chi connectivity index (χ2n) is 7.97. The summed E-state index contributed by atoms with van der Waals surface area (Å²) in [6, 6.07) is 7.00. The highest BCUT2D eigenvalue weighted by Crippen LogP contribution is 2.34. The van der Waals surface area contributed by atoms with Crippen molar-refractivity contribution in [2.75, 3.05) is 23.3 Å². The number of halogens is 2. The molecule has 1 saturated heterocycles. The summed E-state index contributed by atoms with van der Waals surface area (Å²) in [6.45, 7) is 0.634. The summed E-state index contributed by atoms with van der Waals surface area (Å²) in [4.78, 5) is 23.7. The minimum absolute atomic E-state index is 0.136. The second-order valence-corrected chi connectivity index (χ2v) is 8.63. The van der Waals surface area contributed by atoms with E-state index in [1.165, 1.54) is 12.8 Å². The number of nitrogens with zero attached hydrogens (tertiary/aromatic N) is 3. The van der Waals surface area contributed by atoms with E-state index in [1.807, 2.05) is 11.0 Å². The minimum atomic E-state index is -2.67. The number of hydrogen-bond acceptors (Lipinski definition) is 6. The van der Waals surface area contributed by atoms with Crippen molar-refractivity contribution in [2.45, 2.75) is 49.5 Å². The summed E-state index contributed by atoms with van der Waals surface area (Å²) >= 11 is 0.993. The Balaban J connectivity index is 1.61. The summed E-state index contributed by atoms with van der Waals surface area (Å²) in [7, 11) is 0. The van der Waals surface area contributed by atoms with Crippen LogP contribution in [0.1, 0.15) is 48.2 Å². The van der Waals surface area contributed by atoms with Crippen molar-refractivity contribution in [3.63, 3.8) is 0 Å². The molecule has 6 nitrogen and oxygen atoms in total. The fourth-order valence-corrected chi connectivity index (χ4v) is 3.98. The number of anilines is 2. The molecule has 0 unspecified atom stereocenters. The van der Waals surface area contributed by atoms with Gasteiger partial charge in [0.1, 0.15) is 10.8 Å². The third-order valence-corrected chi connectivity index (χ3v) is 5.97. The van der Waals surface area contributed by atoms with Crippen LogP contribution in [0.5, 0.6) is 0 Å². The SMILES string of the molecule is NSc1cc(NC(=O)c2ccc(CC3CC3)nc2N2CCCC(F)(F)CC2)ccn1. The van der Waals surface area contributed by atoms with Crippen LogP contribution in [0, 0.1) is 5.92 Å². The van der Waals surface area contributed by atoms with Gasteiger partial charge in [-0.3, -0.25) is 9.93 Å². The molecule has 2 aliphatic rings. The number of nitrogens with two attached hydrogens (primary N) is 1. The van der Waals surface area contributed by atoms with Gasteiger partial charge in [0.05, 0.1) is 5.56 Å². The Morgan fingerprint density at radius 2 is 2.10 bits per heavy atom. The molecule has 3 heterocycles. The maximum absolute atomic E-state index is 13.9. The van der Waals surface area contributed by atoms with Gasteiger partial charge in [0.15, 0.2) is 0 Å². The predicted molar refractivity (Wildman–Crippen MR) is 114 cm³/mol. The number of rotatable bonds is 6. The van der Waals surface area contributed by atoms with Gasteiger partial charge < -0.3 is 10.2 Å². The lowest BCUT2D eigenvalue weighted by atomic mass is 10.1. The van der Waals surface area contributed by atoms with Crippen molar-refractivity contribution in [1.29, 1.82) is 0 Å². The summed E-state index contributed by atoms with van der Waals surface area (Å²) < 4.78 is 27.8. The number of nitrogens with one attached hydrogen (secondary N) is 1. The summed E-state index contributed by atoms with van der Waals surface area (Å²) in [6.07, 6.45) is 4.81. The highest BCUT2D eigenvalue weighted by Gasteiger charge is 2.33. The Bertz CT molecular complexity index is 922. The summed E-state index contributed by atoms with van der Waals surface area (Å²) in [5.41, 5.74) is 1.86. The Morgan fingerprint density at radius 3 is 2.87 bits per heavy atom. The number of hydrogen-bond donors (Lipinski definition) is 2. The Morgan fingerprint density at radius 1 is 1.27 bits per heavy atom. The van der Waals surface area contributed by atoms with Gasteiger partial charge in [-0.25, -0.2) is 18.7 Å². The van der Waals surface area contributed by atoms with E-state index in [-0.39, 0.29) is 25.3 Å². The number of alkyl halides is 2. The van der Waals surface area contributed by atoms with Crippen molar-refractivity contribution in [1.82, 2.24) is 9.97 Å². The fraction of sp³-hybridized carbons (Fsp3) is 0.476. The van der Waals surface area contributed by atoms with Crippen LogP contribution >= 0.6 is 11.9 Å². The van der Waals surface area contributed by atoms with Gasteiger partial charge >= 0.3 is 0 Å². The summed E-state index contributed by atoms with van der Waals surface area (Å²) in [5.74, 6) is -1.87. The number of carbonyl (C=O) groups is 1. The largest absolute Gasteiger partial charge is 0.356 e. The molecule has 2 fully saturated rings. The molecular formula is C21H25F2N5OS. The second kappa shape index (κ2) is 8.85. The van der Waals surface area contributed by atoms with E-state index < -0.39 is 5.92 Å². The van der Waals surface area contributed by atoms with Crippen LogP contribution in [-0.2, 0) is 6.42 Å². The van der Waals surface area contributed by atoms with Crippen LogP contribution in [0.15, 0.2) is 35.5 Å². The highest BCUT2D eigenvalue weighted by atomic mass is 32.2. The quantitative estimate of drug-likeness (QED) is 0.662. The molecule has 9 heteroatoms. The third kappa shape index (κ3) is 5.26. The van der Waals surface area contributed by atoms with Gasteiger partial charge in [-0.05, 0) is 67.8 Å². The number of carbonyl (C=O) groups excluding carboxylic acids is 1. The fourth-order valence-electron chi connectivity index (χ4n) is 3.66. The average Bonchev–Trinajstić information content (AvgIpc) is 3.55. The smallest absolute Gasteiger partial charge is 0.259 e. The maximum Gasteiger partial charge on any atom is 0.259 e. The van der Waals surface area contributed by atoms with Crippen LogP contribution in [0.25, 0.3) is 0 Å². The lowest BCUT2D eigenvalue weighted by molar-refractivity contribution is -0.0102. The van der Waals surface area contributed by atoms with Gasteiger partial charge in [-0.2, -0.15) is 0 Å². The molecule has 2 aromatic rings. The zero-order valence-electron chi connectivity index (χ0n) is 16.6. The predicted octanol–water partition coefficient (Wildman–Crippen LogP) is 4.27. The molecule has 0 aromatic carbocycles. The van der Waals surface area contributed by atoms with E-state index in [1.54, 1.807) is 24.4 Å². The van der Waals surface area contributed by atoms with Crippen molar-refractivity contribution in [3.05, 3.63) is 41.7 Å². The Labute approximate surface area is 178 Å². The van der Waals surface area contributed by atoms with Crippen LogP contribution in [0.3, 0.4) is 0 Å². The first-order valence-electron chi connectivity index (χ1n) is 10.2. The molecule has 30 heavy (non-hydrogen) atoms. The van der Waals surface area contributed by atoms with Crippen LogP contribution in [0.4, 0.5) is 20.3 Å². The van der Waals surface area contributed by atoms with Crippen molar-refractivity contribution < 1.29 is 13.6 Å². The standard InChI is InChI=1S/C21H25F2N5OS/c22-21(23)7-1-10-28(11-8-21)19-17(5-4-15(26-19)12-14-2-3-14)20(29)27-16-6-9-25-18(13-16)30-24/h4-6,9,13-14H,1-3,7-8,10-12,24H2,(H,25,27,29). The van der Waals surface area contributed by atoms with E-state index in [4.69, 9.17) is 10.1 Å². The van der Waals surface area contributed by atoms with Gasteiger partial charge in [0.25, 0.3) is 5.91 Å². The van der Waals surface area contributed by atoms with Crippen LogP contribution in [0.2, 0.25) is 0 Å². The van der Waals surface area contributed by atoms with Gasteiger partial charge in [-0.1, -0.05) is 0 Å².